The average molecular weight is 360 g/mol. The average Bonchev–Trinajstić information content (AvgIpc) is 2.68. The van der Waals surface area contributed by atoms with Crippen LogP contribution in [0.3, 0.4) is 0 Å². The van der Waals surface area contributed by atoms with Crippen molar-refractivity contribution < 1.29 is 8.42 Å². The molecule has 1 N–H and O–H groups in total. The predicted octanol–water partition coefficient (Wildman–Crippen LogP) is 1.68. The third-order valence-electron chi connectivity index (χ3n) is 2.40. The highest BCUT2D eigenvalue weighted by Crippen LogP contribution is 2.17. The highest BCUT2D eigenvalue weighted by molar-refractivity contribution is 9.10. The van der Waals surface area contributed by atoms with Crippen molar-refractivity contribution in [1.29, 1.82) is 0 Å². The fourth-order valence-corrected chi connectivity index (χ4v) is 2.58. The molecule has 0 aromatic carbocycles. The van der Waals surface area contributed by atoms with Gasteiger partial charge in [-0.2, -0.15) is 9.78 Å². The minimum atomic E-state index is -3.46. The highest BCUT2D eigenvalue weighted by atomic mass is 79.9. The Labute approximate surface area is 125 Å². The van der Waals surface area contributed by atoms with Crippen LogP contribution in [0, 0.1) is 20.8 Å². The molecule has 0 atom stereocenters. The van der Waals surface area contributed by atoms with Crippen LogP contribution < -0.4 is 4.72 Å². The molecule has 9 heteroatoms. The number of nitrogens with one attached hydrogen (secondary N) is 1. The molecule has 0 saturated carbocycles. The molecule has 2 heterocycles. The van der Waals surface area contributed by atoms with Gasteiger partial charge in [-0.1, -0.05) is 15.9 Å². The zero-order valence-corrected chi connectivity index (χ0v) is 13.7. The summed E-state index contributed by atoms with van der Waals surface area (Å²) in [5, 5.41) is 4.23. The topological polar surface area (TPSA) is 89.8 Å². The maximum Gasteiger partial charge on any atom is 0.252 e. The van der Waals surface area contributed by atoms with Crippen molar-refractivity contribution in [1.82, 2.24) is 19.7 Å². The van der Waals surface area contributed by atoms with E-state index in [0.29, 0.717) is 17.5 Å². The lowest BCUT2D eigenvalue weighted by atomic mass is 10.4. The van der Waals surface area contributed by atoms with Crippen LogP contribution in [0.25, 0.3) is 5.95 Å². The van der Waals surface area contributed by atoms with Crippen LogP contribution in [0.4, 0.5) is 5.82 Å². The zero-order valence-electron chi connectivity index (χ0n) is 11.3. The quantitative estimate of drug-likeness (QED) is 0.838. The van der Waals surface area contributed by atoms with Crippen LogP contribution in [-0.4, -0.2) is 32.8 Å². The highest BCUT2D eigenvalue weighted by Gasteiger charge is 2.16. The van der Waals surface area contributed by atoms with Gasteiger partial charge in [0.2, 0.25) is 10.0 Å². The first-order valence-electron chi connectivity index (χ1n) is 5.76. The van der Waals surface area contributed by atoms with Gasteiger partial charge in [0, 0.05) is 17.5 Å². The smallest absolute Gasteiger partial charge is 0.252 e. The first-order chi connectivity index (χ1) is 9.30. The number of sulfonamides is 1. The lowest BCUT2D eigenvalue weighted by Crippen LogP contribution is -2.17. The maximum atomic E-state index is 11.7. The second kappa shape index (κ2) is 5.49. The Bertz CT molecular complexity index is 721. The molecule has 0 aliphatic carbocycles. The summed E-state index contributed by atoms with van der Waals surface area (Å²) >= 11 is 2.93. The molecule has 7 nitrogen and oxygen atoms in total. The molecule has 0 unspecified atom stereocenters. The van der Waals surface area contributed by atoms with E-state index in [9.17, 15) is 8.42 Å². The maximum absolute atomic E-state index is 11.7. The summed E-state index contributed by atoms with van der Waals surface area (Å²) in [6.45, 7) is 5.46. The fraction of sp³-hybridized carbons (Fsp3) is 0.364. The van der Waals surface area contributed by atoms with Crippen molar-refractivity contribution in [2.45, 2.75) is 20.8 Å². The van der Waals surface area contributed by atoms with Gasteiger partial charge in [0.05, 0.1) is 5.69 Å². The van der Waals surface area contributed by atoms with Gasteiger partial charge in [0.25, 0.3) is 5.95 Å². The Hall–Kier alpha value is -1.48. The molecule has 0 saturated heterocycles. The molecule has 0 bridgehead atoms. The van der Waals surface area contributed by atoms with E-state index in [1.54, 1.807) is 13.0 Å². The minimum Gasteiger partial charge on any atom is -0.266 e. The third-order valence-corrected chi connectivity index (χ3v) is 5.01. The van der Waals surface area contributed by atoms with Crippen LogP contribution in [0.2, 0.25) is 0 Å². The van der Waals surface area contributed by atoms with Gasteiger partial charge in [-0.3, -0.25) is 4.72 Å². The molecule has 2 rings (SSSR count). The van der Waals surface area contributed by atoms with Crippen molar-refractivity contribution in [3.05, 3.63) is 29.2 Å². The summed E-state index contributed by atoms with van der Waals surface area (Å²) in [6.07, 6.45) is 0. The number of rotatable bonds is 4. The number of hydrogen-bond acceptors (Lipinski definition) is 5. The van der Waals surface area contributed by atoms with Crippen molar-refractivity contribution >= 4 is 31.8 Å². The zero-order chi connectivity index (χ0) is 14.9. The predicted molar refractivity (Wildman–Crippen MR) is 79.7 cm³/mol. The Morgan fingerprint density at radius 2 is 1.75 bits per heavy atom. The van der Waals surface area contributed by atoms with Crippen molar-refractivity contribution in [3.63, 3.8) is 0 Å². The molecule has 2 aromatic rings. The number of aromatic nitrogens is 4. The largest absolute Gasteiger partial charge is 0.266 e. The van der Waals surface area contributed by atoms with Gasteiger partial charge in [-0.05, 0) is 26.8 Å². The molecule has 20 heavy (non-hydrogen) atoms. The molecule has 0 aliphatic heterocycles. The second-order valence-electron chi connectivity index (χ2n) is 4.36. The summed E-state index contributed by atoms with van der Waals surface area (Å²) in [5.41, 5.74) is 2.24. The van der Waals surface area contributed by atoms with E-state index < -0.39 is 10.0 Å². The Kier molecular flexibility index (Phi) is 4.09. The van der Waals surface area contributed by atoms with Crippen LogP contribution in [-0.2, 0) is 10.0 Å². The van der Waals surface area contributed by atoms with Crippen molar-refractivity contribution in [3.8, 4) is 5.95 Å². The van der Waals surface area contributed by atoms with Crippen LogP contribution in [0.5, 0.6) is 0 Å². The van der Waals surface area contributed by atoms with Crippen LogP contribution in [0.1, 0.15) is 17.1 Å². The molecule has 0 aliphatic rings. The number of halogens is 1. The minimum absolute atomic E-state index is 0.196. The lowest BCUT2D eigenvalue weighted by Gasteiger charge is -2.08. The van der Waals surface area contributed by atoms with Gasteiger partial charge >= 0.3 is 0 Å². The molecule has 0 spiro atoms. The van der Waals surface area contributed by atoms with Gasteiger partial charge in [0.15, 0.2) is 0 Å². The molecular weight excluding hydrogens is 346 g/mol. The van der Waals surface area contributed by atoms with Crippen LogP contribution in [0.15, 0.2) is 12.1 Å². The van der Waals surface area contributed by atoms with Gasteiger partial charge in [0.1, 0.15) is 10.5 Å². The van der Waals surface area contributed by atoms with E-state index in [4.69, 9.17) is 0 Å². The Morgan fingerprint density at radius 3 is 2.30 bits per heavy atom. The lowest BCUT2D eigenvalue weighted by molar-refractivity contribution is 0.605. The summed E-state index contributed by atoms with van der Waals surface area (Å²) in [7, 11) is -3.46. The number of aryl methyl sites for hydroxylation is 3. The summed E-state index contributed by atoms with van der Waals surface area (Å²) < 4.78 is 26.9. The number of alkyl halides is 1. The first-order valence-corrected chi connectivity index (χ1v) is 8.54. The second-order valence-corrected chi connectivity index (χ2v) is 7.38. The van der Waals surface area contributed by atoms with E-state index >= 15 is 0 Å². The van der Waals surface area contributed by atoms with Crippen molar-refractivity contribution in [2.24, 2.45) is 0 Å². The van der Waals surface area contributed by atoms with Gasteiger partial charge in [-0.15, -0.1) is 0 Å². The third kappa shape index (κ3) is 3.34. The summed E-state index contributed by atoms with van der Waals surface area (Å²) in [6, 6.07) is 3.46. The Morgan fingerprint density at radius 1 is 1.15 bits per heavy atom. The van der Waals surface area contributed by atoms with E-state index in [0.717, 1.165) is 11.4 Å². The fourth-order valence-electron chi connectivity index (χ4n) is 1.71. The summed E-state index contributed by atoms with van der Waals surface area (Å²) in [4.78, 5) is 8.55. The number of nitrogens with zero attached hydrogens (tertiary/aromatic N) is 4. The summed E-state index contributed by atoms with van der Waals surface area (Å²) in [5.74, 6) is 0.648. The Balaban J connectivity index is 2.52. The van der Waals surface area contributed by atoms with E-state index in [1.165, 1.54) is 4.68 Å². The monoisotopic (exact) mass is 359 g/mol. The first kappa shape index (κ1) is 14.9. The number of anilines is 1. The molecule has 0 fully saturated rings. The van der Waals surface area contributed by atoms with Gasteiger partial charge in [-0.25, -0.2) is 18.4 Å². The molecule has 0 amide bonds. The number of hydrogen-bond donors (Lipinski definition) is 1. The SMILES string of the molecule is Cc1cc(C)nc(-n2nc(C)cc2NS(=O)(=O)CBr)n1. The van der Waals surface area contributed by atoms with E-state index in [1.807, 2.05) is 19.9 Å². The van der Waals surface area contributed by atoms with Crippen LogP contribution >= 0.6 is 15.9 Å². The molecule has 108 valence electrons. The molecular formula is C11H14BrN5O2S. The standard InChI is InChI=1S/C11H14BrN5O2S/c1-7-4-8(2)14-11(13-7)17-10(5-9(3)15-17)16-20(18,19)6-12/h4-5,16H,6H2,1-3H3. The van der Waals surface area contributed by atoms with Gasteiger partial charge < -0.3 is 0 Å². The molecule has 2 aromatic heterocycles. The molecule has 0 radical (unpaired) electrons. The van der Waals surface area contributed by atoms with E-state index in [-0.39, 0.29) is 4.66 Å². The normalized spacial score (nSPS) is 11.6. The van der Waals surface area contributed by atoms with E-state index in [2.05, 4.69) is 35.7 Å². The van der Waals surface area contributed by atoms with Crippen molar-refractivity contribution in [2.75, 3.05) is 9.38 Å².